The van der Waals surface area contributed by atoms with Gasteiger partial charge in [0.15, 0.2) is 0 Å². The predicted octanol–water partition coefficient (Wildman–Crippen LogP) is 6.01. The second kappa shape index (κ2) is 14.4. The molecule has 1 aromatic heterocycles. The second-order valence-electron chi connectivity index (χ2n) is 6.87. The van der Waals surface area contributed by atoms with Crippen LogP contribution < -0.4 is 0 Å². The molecule has 31 heavy (non-hydrogen) atoms. The zero-order valence-electron chi connectivity index (χ0n) is 18.2. The zero-order chi connectivity index (χ0) is 22.3. The number of hydrogen-bond acceptors (Lipinski definition) is 4. The van der Waals surface area contributed by atoms with Crippen molar-refractivity contribution >= 4 is 26.4 Å². The number of hydrogen-bond donors (Lipinski definition) is 0. The Morgan fingerprint density at radius 3 is 1.68 bits per heavy atom. The topological polar surface area (TPSA) is 52.6 Å². The second-order valence-corrected chi connectivity index (χ2v) is 8.86. The summed E-state index contributed by atoms with van der Waals surface area (Å²) in [7, 11) is 0. The third kappa shape index (κ3) is 8.56. The molecule has 0 aliphatic carbocycles. The van der Waals surface area contributed by atoms with Gasteiger partial charge in [-0.25, -0.2) is 9.59 Å². The third-order valence-corrected chi connectivity index (χ3v) is 6.34. The molecule has 0 N–H and O–H groups in total. The van der Waals surface area contributed by atoms with Gasteiger partial charge < -0.3 is 9.47 Å². The number of rotatable bonds is 9. The average molecular weight is 485 g/mol. The summed E-state index contributed by atoms with van der Waals surface area (Å²) < 4.78 is 11.8. The van der Waals surface area contributed by atoms with Crippen LogP contribution in [0.15, 0.2) is 71.7 Å². The van der Waals surface area contributed by atoms with Crippen molar-refractivity contribution in [3.05, 3.63) is 82.8 Å². The van der Waals surface area contributed by atoms with Crippen LogP contribution in [0.5, 0.6) is 0 Å². The summed E-state index contributed by atoms with van der Waals surface area (Å²) in [6.07, 6.45) is 3.53. The maximum absolute atomic E-state index is 11.9. The number of esters is 2. The SMILES string of the molecule is CCCCOC(=O)c1ccccc1C(=O)OCCCC.c1ccc(-c2ccc[se]2)cc1. The van der Waals surface area contributed by atoms with Crippen molar-refractivity contribution in [2.75, 3.05) is 13.2 Å². The summed E-state index contributed by atoms with van der Waals surface area (Å²) in [6, 6.07) is 21.5. The number of carbonyl (C=O) groups is 2. The summed E-state index contributed by atoms with van der Waals surface area (Å²) in [4.78, 5) is 26.1. The molecule has 0 saturated carbocycles. The van der Waals surface area contributed by atoms with E-state index in [9.17, 15) is 9.59 Å². The van der Waals surface area contributed by atoms with E-state index >= 15 is 0 Å². The molecular formula is C26H30O4Se. The van der Waals surface area contributed by atoms with Crippen LogP contribution >= 0.6 is 0 Å². The number of ether oxygens (including phenoxy) is 2. The summed E-state index contributed by atoms with van der Waals surface area (Å²) in [6.45, 7) is 4.78. The molecule has 0 atom stereocenters. The van der Waals surface area contributed by atoms with Gasteiger partial charge >= 0.3 is 83.8 Å². The van der Waals surface area contributed by atoms with E-state index in [1.807, 2.05) is 13.8 Å². The van der Waals surface area contributed by atoms with Crippen molar-refractivity contribution in [1.29, 1.82) is 0 Å². The van der Waals surface area contributed by atoms with Crippen molar-refractivity contribution in [2.24, 2.45) is 0 Å². The van der Waals surface area contributed by atoms with Gasteiger partial charge in [0, 0.05) is 0 Å². The van der Waals surface area contributed by atoms with Crippen LogP contribution in [0, 0.1) is 0 Å². The van der Waals surface area contributed by atoms with E-state index in [-0.39, 0.29) is 11.1 Å². The van der Waals surface area contributed by atoms with E-state index in [1.165, 1.54) is 10.0 Å². The first kappa shape index (κ1) is 24.6. The predicted molar refractivity (Wildman–Crippen MR) is 126 cm³/mol. The molecule has 0 bridgehead atoms. The summed E-state index contributed by atoms with van der Waals surface area (Å²) in [5.41, 5.74) is 1.91. The Balaban J connectivity index is 0.000000258. The molecule has 164 valence electrons. The first-order valence-electron chi connectivity index (χ1n) is 10.7. The Morgan fingerprint density at radius 1 is 0.710 bits per heavy atom. The van der Waals surface area contributed by atoms with Crippen LogP contribution in [0.2, 0.25) is 0 Å². The van der Waals surface area contributed by atoms with Crippen molar-refractivity contribution < 1.29 is 19.1 Å². The van der Waals surface area contributed by atoms with Gasteiger partial charge in [0.25, 0.3) is 0 Å². The molecular weight excluding hydrogens is 455 g/mol. The molecule has 0 fully saturated rings. The quantitative estimate of drug-likeness (QED) is 0.212. The van der Waals surface area contributed by atoms with Crippen LogP contribution in [-0.4, -0.2) is 39.7 Å². The molecule has 0 aliphatic heterocycles. The van der Waals surface area contributed by atoms with Crippen LogP contribution in [0.3, 0.4) is 0 Å². The Bertz CT molecular complexity index is 863. The van der Waals surface area contributed by atoms with E-state index < -0.39 is 11.9 Å². The van der Waals surface area contributed by atoms with Crippen LogP contribution in [0.25, 0.3) is 10.0 Å². The van der Waals surface area contributed by atoms with Crippen molar-refractivity contribution in [1.82, 2.24) is 0 Å². The van der Waals surface area contributed by atoms with Gasteiger partial charge in [0.2, 0.25) is 0 Å². The standard InChI is InChI=1S/C16H22O4.C10H8Se/c1-3-5-11-19-15(17)13-9-7-8-10-14(13)16(18)20-12-6-4-2;1-2-5-9(6-3-1)10-7-4-8-11-10/h7-10H,3-6,11-12H2,1-2H3;1-8H. The Labute approximate surface area is 191 Å². The van der Waals surface area contributed by atoms with Crippen molar-refractivity contribution in [3.63, 3.8) is 0 Å². The number of carbonyl (C=O) groups excluding carboxylic acids is 2. The minimum absolute atomic E-state index is 0.269. The Morgan fingerprint density at radius 2 is 1.23 bits per heavy atom. The molecule has 5 heteroatoms. The molecule has 0 aliphatic rings. The van der Waals surface area contributed by atoms with E-state index in [0.717, 1.165) is 25.7 Å². The van der Waals surface area contributed by atoms with E-state index in [0.29, 0.717) is 27.7 Å². The van der Waals surface area contributed by atoms with E-state index in [1.54, 1.807) is 24.3 Å². The zero-order valence-corrected chi connectivity index (χ0v) is 19.9. The Hall–Kier alpha value is -2.62. The van der Waals surface area contributed by atoms with Crippen LogP contribution in [-0.2, 0) is 9.47 Å². The summed E-state index contributed by atoms with van der Waals surface area (Å²) >= 11 is 0.571. The first-order valence-corrected chi connectivity index (χ1v) is 12.5. The molecule has 0 saturated heterocycles. The van der Waals surface area contributed by atoms with Crippen LogP contribution in [0.4, 0.5) is 0 Å². The third-order valence-electron chi connectivity index (χ3n) is 4.41. The Kier molecular flexibility index (Phi) is 11.4. The molecule has 0 spiro atoms. The molecule has 3 aromatic rings. The molecule has 2 aromatic carbocycles. The fraction of sp³-hybridized carbons (Fsp3) is 0.308. The van der Waals surface area contributed by atoms with Gasteiger partial charge in [-0.05, 0) is 25.0 Å². The molecule has 0 amide bonds. The van der Waals surface area contributed by atoms with Gasteiger partial charge in [-0.2, -0.15) is 0 Å². The normalized spacial score (nSPS) is 10.0. The fourth-order valence-electron chi connectivity index (χ4n) is 2.66. The minimum atomic E-state index is -0.471. The monoisotopic (exact) mass is 486 g/mol. The van der Waals surface area contributed by atoms with Gasteiger partial charge in [-0.1, -0.05) is 38.8 Å². The van der Waals surface area contributed by atoms with E-state index in [2.05, 4.69) is 47.4 Å². The van der Waals surface area contributed by atoms with Gasteiger partial charge in [-0.3, -0.25) is 0 Å². The average Bonchev–Trinajstić information content (AvgIpc) is 3.35. The summed E-state index contributed by atoms with van der Waals surface area (Å²) in [5.74, 6) is -0.942. The van der Waals surface area contributed by atoms with Gasteiger partial charge in [-0.15, -0.1) is 0 Å². The maximum atomic E-state index is 11.9. The summed E-state index contributed by atoms with van der Waals surface area (Å²) in [5, 5.41) is 0. The molecule has 3 rings (SSSR count). The fourth-order valence-corrected chi connectivity index (χ4v) is 4.20. The van der Waals surface area contributed by atoms with Gasteiger partial charge in [0.05, 0.1) is 24.3 Å². The first-order chi connectivity index (χ1) is 15.2. The van der Waals surface area contributed by atoms with E-state index in [4.69, 9.17) is 9.47 Å². The number of unbranched alkanes of at least 4 members (excludes halogenated alkanes) is 2. The van der Waals surface area contributed by atoms with Crippen molar-refractivity contribution in [3.8, 4) is 10.0 Å². The molecule has 0 radical (unpaired) electrons. The van der Waals surface area contributed by atoms with Gasteiger partial charge in [0.1, 0.15) is 0 Å². The molecule has 4 nitrogen and oxygen atoms in total. The molecule has 1 heterocycles. The van der Waals surface area contributed by atoms with Crippen molar-refractivity contribution in [2.45, 2.75) is 39.5 Å². The number of benzene rings is 2. The molecule has 0 unspecified atom stereocenters. The van der Waals surface area contributed by atoms with Crippen LogP contribution in [0.1, 0.15) is 60.2 Å².